The van der Waals surface area contributed by atoms with Gasteiger partial charge in [0.2, 0.25) is 5.89 Å². The van der Waals surface area contributed by atoms with E-state index in [1.807, 2.05) is 11.8 Å². The molecule has 10 nitrogen and oxygen atoms in total. The number of halogens is 1. The van der Waals surface area contributed by atoms with E-state index in [1.54, 1.807) is 35.2 Å². The van der Waals surface area contributed by atoms with Crippen LogP contribution in [0.4, 0.5) is 15.8 Å². The molecule has 36 heavy (non-hydrogen) atoms. The number of fused-ring (bicyclic) bond motifs is 1. The Kier molecular flexibility index (Phi) is 6.33. The van der Waals surface area contributed by atoms with Crippen LogP contribution in [-0.2, 0) is 11.3 Å². The van der Waals surface area contributed by atoms with Crippen LogP contribution in [0.5, 0.6) is 5.75 Å². The number of phenolic OH excluding ortho intramolecular Hbond substituents is 1. The van der Waals surface area contributed by atoms with Crippen molar-refractivity contribution in [2.24, 2.45) is 0 Å². The molecular weight excluding hydrogens is 469 g/mol. The van der Waals surface area contributed by atoms with E-state index in [0.717, 1.165) is 0 Å². The van der Waals surface area contributed by atoms with Crippen molar-refractivity contribution < 1.29 is 28.9 Å². The van der Waals surface area contributed by atoms with Crippen LogP contribution in [0, 0.1) is 5.82 Å². The Balaban J connectivity index is 1.28. The van der Waals surface area contributed by atoms with Gasteiger partial charge in [-0.25, -0.2) is 9.18 Å². The van der Waals surface area contributed by atoms with Crippen molar-refractivity contribution in [3.05, 3.63) is 65.4 Å². The maximum Gasteiger partial charge on any atom is 0.336 e. The second kappa shape index (κ2) is 9.59. The van der Waals surface area contributed by atoms with E-state index >= 15 is 4.39 Å². The van der Waals surface area contributed by atoms with E-state index in [1.165, 1.54) is 12.3 Å². The van der Waals surface area contributed by atoms with E-state index in [9.17, 15) is 20.1 Å². The molecule has 0 spiro atoms. The summed E-state index contributed by atoms with van der Waals surface area (Å²) in [7, 11) is 0. The number of carboxylic acid groups (broad SMARTS) is 1. The molecule has 0 bridgehead atoms. The predicted octanol–water partition coefficient (Wildman–Crippen LogP) is 2.75. The number of carboxylic acids is 1. The van der Waals surface area contributed by atoms with E-state index in [2.05, 4.69) is 15.1 Å². The maximum atomic E-state index is 15.1. The van der Waals surface area contributed by atoms with Crippen molar-refractivity contribution in [3.8, 4) is 17.2 Å². The first-order chi connectivity index (χ1) is 17.4. The first kappa shape index (κ1) is 23.8. The number of carbonyl (C=O) groups is 1. The fourth-order valence-corrected chi connectivity index (χ4v) is 4.60. The van der Waals surface area contributed by atoms with Gasteiger partial charge in [0.1, 0.15) is 17.7 Å². The minimum atomic E-state index is -1.39. The van der Waals surface area contributed by atoms with Crippen molar-refractivity contribution in [1.82, 2.24) is 15.1 Å². The Morgan fingerprint density at radius 3 is 2.58 bits per heavy atom. The van der Waals surface area contributed by atoms with Crippen molar-refractivity contribution in [2.75, 3.05) is 42.5 Å². The molecule has 2 aliphatic heterocycles. The van der Waals surface area contributed by atoms with E-state index in [0.29, 0.717) is 62.1 Å². The molecule has 0 amide bonds. The molecule has 0 saturated carbocycles. The molecule has 0 aliphatic carbocycles. The van der Waals surface area contributed by atoms with Crippen LogP contribution >= 0.6 is 0 Å². The third-order valence-electron chi connectivity index (χ3n) is 6.55. The molecule has 3 N–H and O–H groups in total. The van der Waals surface area contributed by atoms with Gasteiger partial charge in [-0.15, -0.1) is 10.2 Å². The van der Waals surface area contributed by atoms with E-state index in [4.69, 9.17) is 4.42 Å². The Morgan fingerprint density at radius 2 is 1.89 bits per heavy atom. The third-order valence-corrected chi connectivity index (χ3v) is 6.55. The predicted molar refractivity (Wildman–Crippen MR) is 129 cm³/mol. The number of piperazine rings is 1. The Morgan fingerprint density at radius 1 is 1.14 bits per heavy atom. The highest BCUT2D eigenvalue weighted by Gasteiger charge is 2.32. The number of aliphatic hydroxyl groups excluding tert-OH is 1. The summed E-state index contributed by atoms with van der Waals surface area (Å²) < 4.78 is 20.9. The summed E-state index contributed by atoms with van der Waals surface area (Å²) in [6, 6.07) is 9.67. The molecule has 2 aliphatic rings. The fourth-order valence-electron chi connectivity index (χ4n) is 4.60. The van der Waals surface area contributed by atoms with Crippen molar-refractivity contribution in [1.29, 1.82) is 0 Å². The van der Waals surface area contributed by atoms with Crippen LogP contribution in [0.15, 0.2) is 52.6 Å². The SMILES string of the molecule is CCN1C=C(C(=O)O)C(O)c2cc(F)c(N3CCN(Cc4nnc(-c5ccccc5O)o4)CC3)cc21. The van der Waals surface area contributed by atoms with E-state index in [-0.39, 0.29) is 22.8 Å². The zero-order valence-electron chi connectivity index (χ0n) is 19.6. The second-order valence-corrected chi connectivity index (χ2v) is 8.72. The molecule has 2 aromatic carbocycles. The lowest BCUT2D eigenvalue weighted by molar-refractivity contribution is -0.133. The Labute approximate surface area is 206 Å². The summed E-state index contributed by atoms with van der Waals surface area (Å²) in [5, 5.41) is 38.0. The van der Waals surface area contributed by atoms with Crippen LogP contribution in [-0.4, -0.2) is 69.1 Å². The molecule has 5 rings (SSSR count). The van der Waals surface area contributed by atoms with Crippen LogP contribution < -0.4 is 9.80 Å². The highest BCUT2D eigenvalue weighted by molar-refractivity contribution is 5.91. The molecule has 1 saturated heterocycles. The van der Waals surface area contributed by atoms with Gasteiger partial charge in [0.05, 0.1) is 23.4 Å². The van der Waals surface area contributed by atoms with Gasteiger partial charge in [0, 0.05) is 50.2 Å². The normalized spacial score (nSPS) is 18.2. The minimum absolute atomic E-state index is 0.0669. The Hall–Kier alpha value is -3.96. The minimum Gasteiger partial charge on any atom is -0.507 e. The molecule has 1 unspecified atom stereocenters. The number of nitrogens with zero attached hydrogens (tertiary/aromatic N) is 5. The summed E-state index contributed by atoms with van der Waals surface area (Å²) in [6.07, 6.45) is 0.0146. The molecule has 3 aromatic rings. The van der Waals surface area contributed by atoms with Gasteiger partial charge in [0.25, 0.3) is 5.89 Å². The number of hydrogen-bond acceptors (Lipinski definition) is 9. The summed E-state index contributed by atoms with van der Waals surface area (Å²) in [5.41, 5.74) is 1.54. The number of aliphatic carboxylic acids is 1. The maximum absolute atomic E-state index is 15.1. The standard InChI is InChI=1S/C25H26FN5O5/c1-2-30-13-17(25(34)35)23(33)16-11-18(26)20(12-19(16)30)31-9-7-29(8-10-31)14-22-27-28-24(36-22)15-5-3-4-6-21(15)32/h3-6,11-13,23,32-33H,2,7-10,14H2,1H3,(H,34,35). The van der Waals surface area contributed by atoms with Gasteiger partial charge in [-0.1, -0.05) is 12.1 Å². The van der Waals surface area contributed by atoms with E-state index < -0.39 is 17.9 Å². The number of aromatic nitrogens is 2. The molecule has 188 valence electrons. The van der Waals surface area contributed by atoms with Crippen LogP contribution in [0.1, 0.15) is 24.5 Å². The average molecular weight is 496 g/mol. The monoisotopic (exact) mass is 495 g/mol. The zero-order chi connectivity index (χ0) is 25.4. The Bertz CT molecular complexity index is 1320. The number of para-hydroxylation sites is 1. The largest absolute Gasteiger partial charge is 0.507 e. The number of benzene rings is 2. The number of aromatic hydroxyl groups is 1. The molecule has 11 heteroatoms. The lowest BCUT2D eigenvalue weighted by Gasteiger charge is -2.37. The summed E-state index contributed by atoms with van der Waals surface area (Å²) in [6.45, 7) is 5.15. The smallest absolute Gasteiger partial charge is 0.336 e. The summed E-state index contributed by atoms with van der Waals surface area (Å²) in [4.78, 5) is 17.3. The van der Waals surface area contributed by atoms with Crippen molar-refractivity contribution in [2.45, 2.75) is 19.6 Å². The molecule has 3 heterocycles. The van der Waals surface area contributed by atoms with Crippen LogP contribution in [0.2, 0.25) is 0 Å². The zero-order valence-corrected chi connectivity index (χ0v) is 19.6. The molecule has 0 radical (unpaired) electrons. The van der Waals surface area contributed by atoms with Crippen molar-refractivity contribution in [3.63, 3.8) is 0 Å². The van der Waals surface area contributed by atoms with Gasteiger partial charge >= 0.3 is 5.97 Å². The van der Waals surface area contributed by atoms with Crippen LogP contribution in [0.25, 0.3) is 11.5 Å². The fraction of sp³-hybridized carbons (Fsp3) is 0.320. The summed E-state index contributed by atoms with van der Waals surface area (Å²) >= 11 is 0. The lowest BCUT2D eigenvalue weighted by Crippen LogP contribution is -2.46. The first-order valence-corrected chi connectivity index (χ1v) is 11.7. The number of anilines is 2. The van der Waals surface area contributed by atoms with Crippen LogP contribution in [0.3, 0.4) is 0 Å². The highest BCUT2D eigenvalue weighted by atomic mass is 19.1. The van der Waals surface area contributed by atoms with Gasteiger partial charge in [-0.2, -0.15) is 0 Å². The number of phenols is 1. The molecule has 1 atom stereocenters. The molecule has 1 aromatic heterocycles. The topological polar surface area (TPSA) is 126 Å². The highest BCUT2D eigenvalue weighted by Crippen LogP contribution is 2.40. The number of rotatable bonds is 6. The number of aliphatic hydroxyl groups is 1. The van der Waals surface area contributed by atoms with Gasteiger partial charge in [-0.3, -0.25) is 4.90 Å². The lowest BCUT2D eigenvalue weighted by atomic mass is 9.95. The quantitative estimate of drug-likeness (QED) is 0.470. The third kappa shape index (κ3) is 4.38. The average Bonchev–Trinajstić information content (AvgIpc) is 3.33. The van der Waals surface area contributed by atoms with Gasteiger partial charge < -0.3 is 29.5 Å². The number of hydrogen-bond donors (Lipinski definition) is 3. The molecule has 1 fully saturated rings. The van der Waals surface area contributed by atoms with Gasteiger partial charge in [-0.05, 0) is 31.2 Å². The van der Waals surface area contributed by atoms with Crippen molar-refractivity contribution >= 4 is 17.3 Å². The second-order valence-electron chi connectivity index (χ2n) is 8.72. The summed E-state index contributed by atoms with van der Waals surface area (Å²) in [5.74, 6) is -0.998. The first-order valence-electron chi connectivity index (χ1n) is 11.7. The molecular formula is C25H26FN5O5. The van der Waals surface area contributed by atoms with Gasteiger partial charge in [0.15, 0.2) is 0 Å².